The lowest BCUT2D eigenvalue weighted by molar-refractivity contribution is 0.578. The molecule has 0 atom stereocenters. The molecule has 0 aliphatic rings. The molecular formula is C8H10FN3S. The Labute approximate surface area is 81.1 Å². The van der Waals surface area contributed by atoms with Gasteiger partial charge in [-0.25, -0.2) is 9.82 Å². The molecule has 0 aromatic heterocycles. The molecule has 0 fully saturated rings. The Kier molecular flexibility index (Phi) is 3.60. The lowest BCUT2D eigenvalue weighted by atomic mass is 10.2. The molecule has 0 aliphatic carbocycles. The lowest BCUT2D eigenvalue weighted by Crippen LogP contribution is -2.40. The number of hydrogen-bond acceptors (Lipinski definition) is 2. The van der Waals surface area contributed by atoms with Crippen LogP contribution >= 0.6 is 12.2 Å². The fourth-order valence-electron chi connectivity index (χ4n) is 0.868. The highest BCUT2D eigenvalue weighted by Crippen LogP contribution is 2.04. The van der Waals surface area contributed by atoms with E-state index in [1.807, 2.05) is 0 Å². The molecule has 1 aromatic rings. The van der Waals surface area contributed by atoms with Crippen LogP contribution in [0.3, 0.4) is 0 Å². The summed E-state index contributed by atoms with van der Waals surface area (Å²) >= 11 is 4.55. The van der Waals surface area contributed by atoms with Crippen LogP contribution in [0.5, 0.6) is 0 Å². The Morgan fingerprint density at radius 1 is 1.46 bits per heavy atom. The molecule has 0 radical (unpaired) electrons. The van der Waals surface area contributed by atoms with E-state index in [1.54, 1.807) is 18.2 Å². The molecule has 0 spiro atoms. The second kappa shape index (κ2) is 4.74. The first kappa shape index (κ1) is 9.88. The van der Waals surface area contributed by atoms with Crippen molar-refractivity contribution in [3.8, 4) is 0 Å². The minimum Gasteiger partial charge on any atom is -0.375 e. The molecule has 5 heteroatoms. The van der Waals surface area contributed by atoms with Gasteiger partial charge in [0.05, 0.1) is 0 Å². The van der Waals surface area contributed by atoms with Gasteiger partial charge in [-0.2, -0.15) is 0 Å². The monoisotopic (exact) mass is 199 g/mol. The van der Waals surface area contributed by atoms with Crippen LogP contribution in [0.1, 0.15) is 5.56 Å². The third-order valence-electron chi connectivity index (χ3n) is 1.45. The Morgan fingerprint density at radius 3 is 2.77 bits per heavy atom. The van der Waals surface area contributed by atoms with Gasteiger partial charge in [-0.1, -0.05) is 18.2 Å². The average molecular weight is 199 g/mol. The summed E-state index contributed by atoms with van der Waals surface area (Å²) in [6, 6.07) is 6.49. The van der Waals surface area contributed by atoms with E-state index in [0.29, 0.717) is 12.1 Å². The highest BCUT2D eigenvalue weighted by molar-refractivity contribution is 7.80. The molecule has 4 N–H and O–H groups in total. The van der Waals surface area contributed by atoms with Crippen molar-refractivity contribution in [1.29, 1.82) is 0 Å². The third-order valence-corrected chi connectivity index (χ3v) is 1.55. The van der Waals surface area contributed by atoms with Crippen LogP contribution in [0.15, 0.2) is 24.3 Å². The summed E-state index contributed by atoms with van der Waals surface area (Å²) in [4.78, 5) is 0. The van der Waals surface area contributed by atoms with Crippen molar-refractivity contribution in [3.05, 3.63) is 35.6 Å². The standard InChI is InChI=1S/C8H10FN3S/c9-7-4-2-1-3-6(7)5-11-12-8(10)13/h1-4,11H,5H2,(H3,10,12,13). The maximum atomic E-state index is 13.0. The van der Waals surface area contributed by atoms with Gasteiger partial charge in [0.15, 0.2) is 5.11 Å². The van der Waals surface area contributed by atoms with Gasteiger partial charge >= 0.3 is 0 Å². The maximum absolute atomic E-state index is 13.0. The number of nitrogens with one attached hydrogen (secondary N) is 2. The topological polar surface area (TPSA) is 50.1 Å². The van der Waals surface area contributed by atoms with E-state index in [0.717, 1.165) is 0 Å². The molecule has 1 aromatic carbocycles. The smallest absolute Gasteiger partial charge is 0.178 e. The number of rotatable bonds is 3. The first-order chi connectivity index (χ1) is 6.20. The third kappa shape index (κ3) is 3.35. The first-order valence-electron chi connectivity index (χ1n) is 3.72. The van der Waals surface area contributed by atoms with Crippen LogP contribution in [0.4, 0.5) is 4.39 Å². The van der Waals surface area contributed by atoms with Gasteiger partial charge in [-0.3, -0.25) is 5.43 Å². The number of halogens is 1. The quantitative estimate of drug-likeness (QED) is 0.494. The highest BCUT2D eigenvalue weighted by Gasteiger charge is 1.98. The van der Waals surface area contributed by atoms with Gasteiger partial charge in [-0.05, 0) is 18.3 Å². The SMILES string of the molecule is NC(=S)NNCc1ccccc1F. The van der Waals surface area contributed by atoms with Crippen molar-refractivity contribution in [2.75, 3.05) is 0 Å². The fourth-order valence-corrected chi connectivity index (χ4v) is 0.940. The number of hydrazine groups is 1. The predicted octanol–water partition coefficient (Wildman–Crippen LogP) is 0.663. The van der Waals surface area contributed by atoms with Crippen LogP contribution in [0.2, 0.25) is 0 Å². The molecule has 0 unspecified atom stereocenters. The largest absolute Gasteiger partial charge is 0.375 e. The summed E-state index contributed by atoms with van der Waals surface area (Å²) in [5.74, 6) is -0.250. The molecule has 0 saturated heterocycles. The van der Waals surface area contributed by atoms with Crippen LogP contribution in [0.25, 0.3) is 0 Å². The van der Waals surface area contributed by atoms with E-state index in [9.17, 15) is 4.39 Å². The molecule has 3 nitrogen and oxygen atoms in total. The molecule has 70 valence electrons. The van der Waals surface area contributed by atoms with E-state index < -0.39 is 0 Å². The fraction of sp³-hybridized carbons (Fsp3) is 0.125. The molecular weight excluding hydrogens is 189 g/mol. The Morgan fingerprint density at radius 2 is 2.15 bits per heavy atom. The predicted molar refractivity (Wildman–Crippen MR) is 53.2 cm³/mol. The van der Waals surface area contributed by atoms with Gasteiger partial charge in [-0.15, -0.1) is 0 Å². The van der Waals surface area contributed by atoms with E-state index in [2.05, 4.69) is 23.1 Å². The normalized spacial score (nSPS) is 9.62. The summed E-state index contributed by atoms with van der Waals surface area (Å²) in [6.45, 7) is 0.337. The van der Waals surface area contributed by atoms with Crippen molar-refractivity contribution in [1.82, 2.24) is 10.9 Å². The molecule has 0 aliphatic heterocycles. The van der Waals surface area contributed by atoms with Crippen LogP contribution in [0, 0.1) is 5.82 Å². The maximum Gasteiger partial charge on any atom is 0.178 e. The molecule has 0 bridgehead atoms. The van der Waals surface area contributed by atoms with Gasteiger partial charge in [0, 0.05) is 12.1 Å². The van der Waals surface area contributed by atoms with Crippen molar-refractivity contribution in [2.45, 2.75) is 6.54 Å². The summed E-state index contributed by atoms with van der Waals surface area (Å²) in [5.41, 5.74) is 10.9. The van der Waals surface area contributed by atoms with Gasteiger partial charge in [0.25, 0.3) is 0 Å². The number of thiocarbonyl (C=S) groups is 1. The minimum atomic E-state index is -0.250. The second-order valence-corrected chi connectivity index (χ2v) is 2.87. The average Bonchev–Trinajstić information content (AvgIpc) is 2.08. The van der Waals surface area contributed by atoms with E-state index in [1.165, 1.54) is 6.07 Å². The van der Waals surface area contributed by atoms with E-state index in [-0.39, 0.29) is 10.9 Å². The van der Waals surface area contributed by atoms with Gasteiger partial charge in [0.2, 0.25) is 0 Å². The number of nitrogens with two attached hydrogens (primary N) is 1. The van der Waals surface area contributed by atoms with Crippen LogP contribution in [-0.2, 0) is 6.54 Å². The van der Waals surface area contributed by atoms with Gasteiger partial charge < -0.3 is 5.73 Å². The molecule has 0 amide bonds. The van der Waals surface area contributed by atoms with Crippen molar-refractivity contribution < 1.29 is 4.39 Å². The van der Waals surface area contributed by atoms with Crippen LogP contribution < -0.4 is 16.6 Å². The minimum absolute atomic E-state index is 0.135. The van der Waals surface area contributed by atoms with Crippen molar-refractivity contribution >= 4 is 17.3 Å². The summed E-state index contributed by atoms with van der Waals surface area (Å²) < 4.78 is 13.0. The zero-order valence-corrected chi connectivity index (χ0v) is 7.70. The Bertz CT molecular complexity index is 303. The molecule has 1 rings (SSSR count). The molecule has 0 saturated carbocycles. The first-order valence-corrected chi connectivity index (χ1v) is 4.12. The zero-order chi connectivity index (χ0) is 9.68. The lowest BCUT2D eigenvalue weighted by Gasteiger charge is -2.06. The highest BCUT2D eigenvalue weighted by atomic mass is 32.1. The summed E-state index contributed by atoms with van der Waals surface area (Å²) in [7, 11) is 0. The van der Waals surface area contributed by atoms with Crippen molar-refractivity contribution in [2.24, 2.45) is 5.73 Å². The van der Waals surface area contributed by atoms with E-state index in [4.69, 9.17) is 5.73 Å². The Balaban J connectivity index is 2.45. The molecule has 13 heavy (non-hydrogen) atoms. The summed E-state index contributed by atoms with van der Waals surface area (Å²) in [5, 5.41) is 0.135. The van der Waals surface area contributed by atoms with Gasteiger partial charge in [0.1, 0.15) is 5.82 Å². The van der Waals surface area contributed by atoms with Crippen molar-refractivity contribution in [3.63, 3.8) is 0 Å². The van der Waals surface area contributed by atoms with E-state index >= 15 is 0 Å². The zero-order valence-electron chi connectivity index (χ0n) is 6.88. The summed E-state index contributed by atoms with van der Waals surface area (Å²) in [6.07, 6.45) is 0. The molecule has 0 heterocycles. The second-order valence-electron chi connectivity index (χ2n) is 2.43. The number of hydrogen-bond donors (Lipinski definition) is 3. The number of benzene rings is 1. The Hall–Kier alpha value is -1.20. The van der Waals surface area contributed by atoms with Crippen LogP contribution in [-0.4, -0.2) is 5.11 Å².